The number of carbonyl (C=O) groups is 3. The van der Waals surface area contributed by atoms with Crippen molar-refractivity contribution in [3.63, 3.8) is 0 Å². The minimum Gasteiger partial charge on any atom is -0.484 e. The summed E-state index contributed by atoms with van der Waals surface area (Å²) in [7, 11) is 0. The zero-order valence-corrected chi connectivity index (χ0v) is 18.4. The maximum absolute atomic E-state index is 13.1. The molecule has 0 radical (unpaired) electrons. The van der Waals surface area contributed by atoms with Gasteiger partial charge in [0.25, 0.3) is 11.8 Å². The van der Waals surface area contributed by atoms with E-state index in [9.17, 15) is 23.2 Å². The summed E-state index contributed by atoms with van der Waals surface area (Å²) < 4.78 is 41.1. The number of anilines is 1. The standard InChI is InChI=1S/C21H16BrF2N3O6/c22-11-1-3-14-13(7-11)20(30)27-6-5-26(9-15(27)19(29)25-14)18(28)10-31-12-2-4-16-17(8-12)33-21(23,24)32-16/h1-4,7-8,15H,5-6,9-10H2,(H,25,29). The molecule has 0 aromatic heterocycles. The van der Waals surface area contributed by atoms with Crippen LogP contribution in [-0.4, -0.2) is 66.1 Å². The molecule has 0 saturated carbocycles. The summed E-state index contributed by atoms with van der Waals surface area (Å²) in [6.07, 6.45) is -3.75. The first-order valence-electron chi connectivity index (χ1n) is 9.92. The van der Waals surface area contributed by atoms with E-state index in [0.29, 0.717) is 15.7 Å². The molecular weight excluding hydrogens is 508 g/mol. The van der Waals surface area contributed by atoms with Crippen molar-refractivity contribution in [2.45, 2.75) is 12.3 Å². The quantitative estimate of drug-likeness (QED) is 0.663. The van der Waals surface area contributed by atoms with Gasteiger partial charge in [0, 0.05) is 23.6 Å². The summed E-state index contributed by atoms with van der Waals surface area (Å²) in [4.78, 5) is 41.4. The molecule has 2 aromatic rings. The molecule has 172 valence electrons. The summed E-state index contributed by atoms with van der Waals surface area (Å²) in [6, 6.07) is 8.00. The third-order valence-electron chi connectivity index (χ3n) is 5.50. The molecule has 3 aliphatic heterocycles. The highest BCUT2D eigenvalue weighted by molar-refractivity contribution is 9.10. The SMILES string of the molecule is O=C1Nc2ccc(Br)cc2C(=O)N2CCN(C(=O)COc3ccc4c(c3)OC(F)(F)O4)CC12. The van der Waals surface area contributed by atoms with Crippen LogP contribution in [0.1, 0.15) is 10.4 Å². The van der Waals surface area contributed by atoms with Crippen LogP contribution in [0.5, 0.6) is 17.2 Å². The second-order valence-electron chi connectivity index (χ2n) is 7.60. The van der Waals surface area contributed by atoms with Crippen LogP contribution < -0.4 is 19.5 Å². The third-order valence-corrected chi connectivity index (χ3v) is 5.99. The Morgan fingerprint density at radius 2 is 1.94 bits per heavy atom. The van der Waals surface area contributed by atoms with Gasteiger partial charge in [0.15, 0.2) is 18.1 Å². The molecule has 3 amide bonds. The minimum atomic E-state index is -3.75. The molecule has 9 nitrogen and oxygen atoms in total. The van der Waals surface area contributed by atoms with E-state index >= 15 is 0 Å². The molecule has 2 aromatic carbocycles. The van der Waals surface area contributed by atoms with Gasteiger partial charge in [-0.2, -0.15) is 0 Å². The van der Waals surface area contributed by atoms with Crippen molar-refractivity contribution in [2.24, 2.45) is 0 Å². The summed E-state index contributed by atoms with van der Waals surface area (Å²) >= 11 is 3.33. The van der Waals surface area contributed by atoms with Gasteiger partial charge in [0.2, 0.25) is 5.91 Å². The van der Waals surface area contributed by atoms with Crippen molar-refractivity contribution >= 4 is 39.3 Å². The van der Waals surface area contributed by atoms with Crippen molar-refractivity contribution in [1.29, 1.82) is 0 Å². The molecule has 12 heteroatoms. The van der Waals surface area contributed by atoms with E-state index in [0.717, 1.165) is 0 Å². The van der Waals surface area contributed by atoms with E-state index in [1.54, 1.807) is 18.2 Å². The summed E-state index contributed by atoms with van der Waals surface area (Å²) in [5.74, 6) is -1.28. The lowest BCUT2D eigenvalue weighted by Gasteiger charge is -2.39. The number of nitrogens with zero attached hydrogens (tertiary/aromatic N) is 2. The van der Waals surface area contributed by atoms with Crippen LogP contribution in [0, 0.1) is 0 Å². The molecule has 1 unspecified atom stereocenters. The van der Waals surface area contributed by atoms with Gasteiger partial charge in [-0.25, -0.2) is 0 Å². The number of alkyl halides is 2. The fraction of sp³-hybridized carbons (Fsp3) is 0.286. The number of hydrogen-bond acceptors (Lipinski definition) is 6. The lowest BCUT2D eigenvalue weighted by atomic mass is 10.1. The molecule has 1 fully saturated rings. The van der Waals surface area contributed by atoms with Crippen molar-refractivity contribution in [3.8, 4) is 17.2 Å². The number of benzene rings is 2. The Morgan fingerprint density at radius 1 is 1.15 bits per heavy atom. The Bertz CT molecular complexity index is 1180. The smallest absolute Gasteiger partial charge is 0.484 e. The number of amides is 3. The van der Waals surface area contributed by atoms with Gasteiger partial charge < -0.3 is 29.3 Å². The van der Waals surface area contributed by atoms with Crippen LogP contribution in [0.25, 0.3) is 0 Å². The average molecular weight is 524 g/mol. The molecule has 3 heterocycles. The lowest BCUT2D eigenvalue weighted by Crippen LogP contribution is -2.60. The Hall–Kier alpha value is -3.41. The van der Waals surface area contributed by atoms with Gasteiger partial charge in [0.05, 0.1) is 17.8 Å². The molecular formula is C21H16BrF2N3O6. The van der Waals surface area contributed by atoms with E-state index < -0.39 is 18.2 Å². The topological polar surface area (TPSA) is 97.4 Å². The molecule has 1 N–H and O–H groups in total. The number of piperazine rings is 1. The summed E-state index contributed by atoms with van der Waals surface area (Å²) in [6.45, 7) is 0.00983. The normalized spacial score (nSPS) is 20.5. The van der Waals surface area contributed by atoms with E-state index in [1.165, 1.54) is 28.0 Å². The highest BCUT2D eigenvalue weighted by atomic mass is 79.9. The Kier molecular flexibility index (Phi) is 5.11. The number of hydrogen-bond donors (Lipinski definition) is 1. The van der Waals surface area contributed by atoms with E-state index in [1.807, 2.05) is 0 Å². The fourth-order valence-electron chi connectivity index (χ4n) is 3.91. The average Bonchev–Trinajstić information content (AvgIpc) is 3.05. The van der Waals surface area contributed by atoms with Crippen LogP contribution in [0.4, 0.5) is 14.5 Å². The Labute approximate surface area is 194 Å². The molecule has 1 saturated heterocycles. The molecule has 0 aliphatic carbocycles. The predicted octanol–water partition coefficient (Wildman–Crippen LogP) is 2.45. The highest BCUT2D eigenvalue weighted by Gasteiger charge is 2.44. The van der Waals surface area contributed by atoms with Crippen molar-refractivity contribution in [3.05, 3.63) is 46.4 Å². The molecule has 5 rings (SSSR count). The maximum atomic E-state index is 13.1. The molecule has 33 heavy (non-hydrogen) atoms. The Balaban J connectivity index is 1.24. The van der Waals surface area contributed by atoms with Gasteiger partial charge in [-0.1, -0.05) is 15.9 Å². The maximum Gasteiger partial charge on any atom is 0.586 e. The first-order chi connectivity index (χ1) is 15.7. The number of nitrogens with one attached hydrogen (secondary N) is 1. The van der Waals surface area contributed by atoms with E-state index in [-0.39, 0.29) is 55.3 Å². The fourth-order valence-corrected chi connectivity index (χ4v) is 4.27. The highest BCUT2D eigenvalue weighted by Crippen LogP contribution is 2.42. The van der Waals surface area contributed by atoms with Crippen LogP contribution in [0.3, 0.4) is 0 Å². The summed E-state index contributed by atoms with van der Waals surface area (Å²) in [5.41, 5.74) is 0.786. The number of carbonyl (C=O) groups excluding carboxylic acids is 3. The van der Waals surface area contributed by atoms with Gasteiger partial charge in [-0.15, -0.1) is 8.78 Å². The zero-order valence-electron chi connectivity index (χ0n) is 16.8. The zero-order chi connectivity index (χ0) is 23.3. The van der Waals surface area contributed by atoms with Gasteiger partial charge in [-0.05, 0) is 30.3 Å². The summed E-state index contributed by atoms with van der Waals surface area (Å²) in [5, 5.41) is 2.75. The van der Waals surface area contributed by atoms with Crippen molar-refractivity contribution < 1.29 is 37.4 Å². The molecule has 0 bridgehead atoms. The lowest BCUT2D eigenvalue weighted by molar-refractivity contribution is -0.286. The molecule has 3 aliphatic rings. The predicted molar refractivity (Wildman–Crippen MR) is 112 cm³/mol. The van der Waals surface area contributed by atoms with Crippen molar-refractivity contribution in [2.75, 3.05) is 31.6 Å². The van der Waals surface area contributed by atoms with Crippen LogP contribution in [0.2, 0.25) is 0 Å². The minimum absolute atomic E-state index is 0.00227. The first-order valence-corrected chi connectivity index (χ1v) is 10.7. The van der Waals surface area contributed by atoms with E-state index in [4.69, 9.17) is 4.74 Å². The van der Waals surface area contributed by atoms with Crippen LogP contribution >= 0.6 is 15.9 Å². The molecule has 1 atom stereocenters. The second kappa shape index (κ2) is 7.87. The number of fused-ring (bicyclic) bond motifs is 3. The van der Waals surface area contributed by atoms with Gasteiger partial charge in [-0.3, -0.25) is 14.4 Å². The largest absolute Gasteiger partial charge is 0.586 e. The van der Waals surface area contributed by atoms with Gasteiger partial charge >= 0.3 is 6.29 Å². The monoisotopic (exact) mass is 523 g/mol. The van der Waals surface area contributed by atoms with Crippen LogP contribution in [-0.2, 0) is 9.59 Å². The van der Waals surface area contributed by atoms with Gasteiger partial charge in [0.1, 0.15) is 11.8 Å². The second-order valence-corrected chi connectivity index (χ2v) is 8.51. The Morgan fingerprint density at radius 3 is 2.76 bits per heavy atom. The number of halogens is 3. The molecule has 0 spiro atoms. The third kappa shape index (κ3) is 4.06. The van der Waals surface area contributed by atoms with E-state index in [2.05, 4.69) is 30.7 Å². The van der Waals surface area contributed by atoms with Crippen LogP contribution in [0.15, 0.2) is 40.9 Å². The number of ether oxygens (including phenoxy) is 3. The number of rotatable bonds is 3. The van der Waals surface area contributed by atoms with Crippen molar-refractivity contribution in [1.82, 2.24) is 9.80 Å². The first kappa shape index (κ1) is 21.4.